The summed E-state index contributed by atoms with van der Waals surface area (Å²) in [5.41, 5.74) is 1.96. The maximum atomic E-state index is 11.8. The monoisotopic (exact) mass is 648 g/mol. The van der Waals surface area contributed by atoms with Gasteiger partial charge in [-0.2, -0.15) is 0 Å². The Balaban J connectivity index is 0. The molecule has 0 amide bonds. The van der Waals surface area contributed by atoms with Crippen LogP contribution >= 0.6 is 33.0 Å². The van der Waals surface area contributed by atoms with Crippen LogP contribution < -0.4 is 0 Å². The highest BCUT2D eigenvalue weighted by atomic mass is 36.0. The van der Waals surface area contributed by atoms with Gasteiger partial charge in [0.05, 0.1) is 10.8 Å². The second-order valence-corrected chi connectivity index (χ2v) is 12.7. The number of halogens is 3. The zero-order valence-corrected chi connectivity index (χ0v) is 25.4. The van der Waals surface area contributed by atoms with E-state index in [1.807, 2.05) is 20.8 Å². The van der Waals surface area contributed by atoms with E-state index >= 15 is 0 Å². The summed E-state index contributed by atoms with van der Waals surface area (Å²) in [4.78, 5) is 46.5. The molecule has 218 valence electrons. The van der Waals surface area contributed by atoms with Gasteiger partial charge in [-0.15, -0.1) is 0 Å². The first-order valence-corrected chi connectivity index (χ1v) is 16.1. The van der Waals surface area contributed by atoms with Gasteiger partial charge in [-0.3, -0.25) is 19.2 Å². The van der Waals surface area contributed by atoms with Gasteiger partial charge in [-0.1, -0.05) is 39.8 Å². The number of Topliss-reactive ketones (excluding diaryl/α,β-unsaturated/α-hetero) is 2. The first-order chi connectivity index (χ1) is 16.7. The fraction of sp³-hybridized carbons (Fsp3) is 0.692. The van der Waals surface area contributed by atoms with Crippen LogP contribution in [-0.4, -0.2) is 32.1 Å². The van der Waals surface area contributed by atoms with E-state index in [1.54, 1.807) is 6.92 Å². The predicted molar refractivity (Wildman–Crippen MR) is 162 cm³/mol. The quantitative estimate of drug-likeness (QED) is 0.310. The van der Waals surface area contributed by atoms with Crippen LogP contribution in [0.15, 0.2) is 22.3 Å². The van der Waals surface area contributed by atoms with E-state index in [-0.39, 0.29) is 43.5 Å². The number of carbonyl (C=O) groups excluding carboxylic acids is 3. The number of hydrogen-bond acceptors (Lipinski definition) is 7. The molecule has 0 aliphatic heterocycles. The van der Waals surface area contributed by atoms with Gasteiger partial charge >= 0.3 is 5.97 Å². The molecule has 0 unspecified atom stereocenters. The smallest absolute Gasteiger partial charge is 0.314 e. The van der Waals surface area contributed by atoms with Crippen LogP contribution in [0.25, 0.3) is 0 Å². The number of aliphatic carboxylic acids is 1. The van der Waals surface area contributed by atoms with Crippen LogP contribution in [0.3, 0.4) is 0 Å². The molecule has 0 radical (unpaired) electrons. The van der Waals surface area contributed by atoms with Gasteiger partial charge in [-0.05, 0) is 75.8 Å². The zero-order chi connectivity index (χ0) is 28.0. The molecule has 0 spiro atoms. The van der Waals surface area contributed by atoms with Gasteiger partial charge in [0.2, 0.25) is 14.5 Å². The predicted octanol–water partition coefficient (Wildman–Crippen LogP) is 7.32. The SMILES string of the molecule is C.C.C[C@@H]1CCC2=C(C(=O)CC2)[C@]1(C)C(=O)Cl.C[C@@H]1CCC2=C(C(=O)CC2)[C@]1(C)C(=O)O.O=S(Cl)Cl.S=S. The van der Waals surface area contributed by atoms with Crippen molar-refractivity contribution in [3.05, 3.63) is 22.3 Å². The summed E-state index contributed by atoms with van der Waals surface area (Å²) in [6, 6.07) is 0. The van der Waals surface area contributed by atoms with Crippen LogP contribution in [-0.2, 0) is 50.8 Å². The Labute approximate surface area is 253 Å². The molecule has 4 rings (SSSR count). The summed E-state index contributed by atoms with van der Waals surface area (Å²) in [5, 5.41) is 8.97. The Kier molecular flexibility index (Phi) is 17.3. The highest BCUT2D eigenvalue weighted by molar-refractivity contribution is 8.26. The Morgan fingerprint density at radius 1 is 0.816 bits per heavy atom. The lowest BCUT2D eigenvalue weighted by Crippen LogP contribution is -2.40. The number of hydrogen-bond donors (Lipinski definition) is 1. The molecule has 0 aromatic heterocycles. The summed E-state index contributed by atoms with van der Waals surface area (Å²) in [7, 11) is 7.36. The van der Waals surface area contributed by atoms with Crippen LogP contribution in [0.4, 0.5) is 0 Å². The number of carboxylic acid groups (broad SMARTS) is 1. The normalized spacial score (nSPS) is 29.2. The number of allylic oxidation sites excluding steroid dienone is 3. The molecule has 0 heterocycles. The molecular weight excluding hydrogens is 611 g/mol. The lowest BCUT2D eigenvalue weighted by molar-refractivity contribution is -0.150. The van der Waals surface area contributed by atoms with Crippen molar-refractivity contribution in [2.45, 2.75) is 93.9 Å². The largest absolute Gasteiger partial charge is 0.481 e. The fourth-order valence-corrected chi connectivity index (χ4v) is 5.98. The summed E-state index contributed by atoms with van der Waals surface area (Å²) in [6.45, 7) is 7.47. The average Bonchev–Trinajstić information content (AvgIpc) is 3.38. The van der Waals surface area contributed by atoms with Crippen molar-refractivity contribution in [1.29, 1.82) is 0 Å². The van der Waals surface area contributed by atoms with E-state index in [4.69, 9.17) is 15.8 Å². The first kappa shape index (κ1) is 39.6. The Morgan fingerprint density at radius 3 is 1.45 bits per heavy atom. The third-order valence-electron chi connectivity index (χ3n) is 8.19. The maximum absolute atomic E-state index is 11.8. The molecule has 1 N–H and O–H groups in total. The third-order valence-corrected chi connectivity index (χ3v) is 8.59. The van der Waals surface area contributed by atoms with Crippen molar-refractivity contribution >= 4 is 87.3 Å². The van der Waals surface area contributed by atoms with Crippen molar-refractivity contribution in [2.24, 2.45) is 22.7 Å². The minimum Gasteiger partial charge on any atom is -0.481 e. The third kappa shape index (κ3) is 8.23. The maximum Gasteiger partial charge on any atom is 0.314 e. The van der Waals surface area contributed by atoms with Crippen molar-refractivity contribution in [3.63, 3.8) is 0 Å². The number of rotatable bonds is 2. The molecule has 38 heavy (non-hydrogen) atoms. The summed E-state index contributed by atoms with van der Waals surface area (Å²) < 4.78 is 9.09. The van der Waals surface area contributed by atoms with E-state index in [1.165, 1.54) is 5.57 Å². The Bertz CT molecular complexity index is 936. The van der Waals surface area contributed by atoms with Crippen LogP contribution in [0.2, 0.25) is 0 Å². The van der Waals surface area contributed by atoms with Gasteiger partial charge in [0.25, 0.3) is 0 Å². The fourth-order valence-electron chi connectivity index (χ4n) is 5.70. The minimum absolute atomic E-state index is 0. The molecule has 0 aromatic carbocycles. The molecule has 12 heteroatoms. The van der Waals surface area contributed by atoms with E-state index < -0.39 is 26.0 Å². The Morgan fingerprint density at radius 2 is 1.13 bits per heavy atom. The summed E-state index contributed by atoms with van der Waals surface area (Å²) in [5.74, 6) is -0.439. The highest BCUT2D eigenvalue weighted by Gasteiger charge is 2.50. The van der Waals surface area contributed by atoms with Gasteiger partial charge in [0.15, 0.2) is 11.6 Å². The topological polar surface area (TPSA) is 106 Å². The second-order valence-electron chi connectivity index (χ2n) is 9.85. The molecule has 6 nitrogen and oxygen atoms in total. The van der Waals surface area contributed by atoms with E-state index in [0.717, 1.165) is 49.7 Å². The number of carbonyl (C=O) groups is 4. The van der Waals surface area contributed by atoms with Gasteiger partial charge in [0.1, 0.15) is 0 Å². The molecule has 0 bridgehead atoms. The summed E-state index contributed by atoms with van der Waals surface area (Å²) in [6.07, 6.45) is 6.41. The molecule has 4 atom stereocenters. The standard InChI is InChI=1S/C12H15ClO2.C12H16O3.2CH4.Cl2OS.S2/c1-7-3-4-8-5-6-9(14)10(8)12(7,2)11(13)15;1-7-3-4-8-5-6-9(13)10(8)12(7,2)11(14)15;;;1-4(2)3;1-2/h7H,3-6H2,1-2H3;7H,3-6H2,1-2H3,(H,14,15);2*1H4;;/t2*7-,12-;;;;/m11..../s1. The molecule has 4 aliphatic rings. The number of ketones is 2. The lowest BCUT2D eigenvalue weighted by atomic mass is 9.65. The van der Waals surface area contributed by atoms with Crippen LogP contribution in [0.1, 0.15) is 93.9 Å². The van der Waals surface area contributed by atoms with Gasteiger partial charge in [0, 0.05) is 67.7 Å². The van der Waals surface area contributed by atoms with Crippen LogP contribution in [0.5, 0.6) is 0 Å². The summed E-state index contributed by atoms with van der Waals surface area (Å²) >= 11 is 13.0. The molecule has 0 fully saturated rings. The van der Waals surface area contributed by atoms with Gasteiger partial charge in [-0.25, -0.2) is 4.21 Å². The molecule has 0 saturated carbocycles. The van der Waals surface area contributed by atoms with Crippen molar-refractivity contribution < 1.29 is 28.5 Å². The zero-order valence-electron chi connectivity index (χ0n) is 20.7. The minimum atomic E-state index is -1.67. The molecule has 0 saturated heterocycles. The lowest BCUT2D eigenvalue weighted by Gasteiger charge is -2.37. The number of carboxylic acids is 1. The second kappa shape index (κ2) is 16.6. The van der Waals surface area contributed by atoms with Crippen molar-refractivity contribution in [3.8, 4) is 0 Å². The molecule has 4 aliphatic carbocycles. The van der Waals surface area contributed by atoms with E-state index in [9.17, 15) is 24.3 Å². The Hall–Kier alpha value is -0.580. The van der Waals surface area contributed by atoms with E-state index in [2.05, 4.69) is 43.7 Å². The van der Waals surface area contributed by atoms with Crippen molar-refractivity contribution in [1.82, 2.24) is 0 Å². The molecule has 0 aromatic rings. The highest BCUT2D eigenvalue weighted by Crippen LogP contribution is 2.51. The first-order valence-electron chi connectivity index (χ1n) is 11.5. The van der Waals surface area contributed by atoms with E-state index in [0.29, 0.717) is 18.4 Å². The van der Waals surface area contributed by atoms with Crippen LogP contribution in [0, 0.1) is 22.7 Å². The van der Waals surface area contributed by atoms with Gasteiger partial charge < -0.3 is 5.11 Å². The molecular formula is C26H39Cl3O6S3. The van der Waals surface area contributed by atoms with Crippen molar-refractivity contribution in [2.75, 3.05) is 0 Å². The average molecular weight is 650 g/mol.